The van der Waals surface area contributed by atoms with Crippen LogP contribution in [0.25, 0.3) is 27.9 Å². The monoisotopic (exact) mass is 458 g/mol. The zero-order chi connectivity index (χ0) is 23.4. The molecule has 4 heterocycles. The number of aromatic nitrogens is 6. The van der Waals surface area contributed by atoms with Crippen LogP contribution in [0.2, 0.25) is 0 Å². The summed E-state index contributed by atoms with van der Waals surface area (Å²) < 4.78 is 81.3. The van der Waals surface area contributed by atoms with Crippen LogP contribution >= 0.6 is 0 Å². The van der Waals surface area contributed by atoms with Crippen LogP contribution < -0.4 is 11.1 Å². The van der Waals surface area contributed by atoms with E-state index in [9.17, 15) is 26.3 Å². The third kappa shape index (κ3) is 3.76. The molecule has 8 nitrogen and oxygen atoms in total. The number of fused-ring (bicyclic) bond motifs is 2. The number of nitrogen functional groups attached to an aromatic ring is 1. The molecule has 0 aliphatic rings. The molecule has 4 aromatic rings. The molecule has 0 aromatic carbocycles. The molecule has 0 saturated carbocycles. The second-order valence-electron chi connectivity index (χ2n) is 7.07. The van der Waals surface area contributed by atoms with Crippen LogP contribution in [-0.2, 0) is 6.54 Å². The van der Waals surface area contributed by atoms with Gasteiger partial charge in [0.15, 0.2) is 17.3 Å². The van der Waals surface area contributed by atoms with Gasteiger partial charge in [-0.2, -0.15) is 18.2 Å². The van der Waals surface area contributed by atoms with Gasteiger partial charge < -0.3 is 15.6 Å². The third-order valence-corrected chi connectivity index (χ3v) is 4.81. The highest BCUT2D eigenvalue weighted by Crippen LogP contribution is 2.32. The Morgan fingerprint density at radius 1 is 1.16 bits per heavy atom. The van der Waals surface area contributed by atoms with Crippen LogP contribution in [0.4, 0.5) is 38.1 Å². The predicted octanol–water partition coefficient (Wildman–Crippen LogP) is 3.80. The second kappa shape index (κ2) is 7.53. The molecule has 32 heavy (non-hydrogen) atoms. The van der Waals surface area contributed by atoms with Gasteiger partial charge in [0, 0.05) is 0 Å². The van der Waals surface area contributed by atoms with E-state index in [1.807, 2.05) is 0 Å². The van der Waals surface area contributed by atoms with E-state index in [1.54, 1.807) is 6.92 Å². The molecule has 0 unspecified atom stereocenters. The topological polar surface area (TPSA) is 98.9 Å². The molecule has 3 N–H and O–H groups in total. The molecule has 0 aliphatic heterocycles. The first-order chi connectivity index (χ1) is 15.0. The summed E-state index contributed by atoms with van der Waals surface area (Å²) in [5.74, 6) is -1.26. The van der Waals surface area contributed by atoms with Crippen LogP contribution in [0, 0.1) is 12.7 Å². The maximum Gasteiger partial charge on any atom is 0.408 e. The number of hydrogen-bond acceptors (Lipinski definition) is 6. The van der Waals surface area contributed by atoms with Crippen LogP contribution in [0.15, 0.2) is 18.3 Å². The first-order valence-corrected chi connectivity index (χ1v) is 9.25. The molecule has 0 amide bonds. The Hall–Kier alpha value is -3.58. The minimum absolute atomic E-state index is 0.0313. The molecule has 14 heteroatoms. The lowest BCUT2D eigenvalue weighted by Gasteiger charge is -2.17. The summed E-state index contributed by atoms with van der Waals surface area (Å²) in [6.45, 7) is 1.77. The molecular weight excluding hydrogens is 442 g/mol. The van der Waals surface area contributed by atoms with E-state index in [2.05, 4.69) is 25.4 Å². The quantitative estimate of drug-likeness (QED) is 0.442. The van der Waals surface area contributed by atoms with Crippen LogP contribution in [0.3, 0.4) is 0 Å². The lowest BCUT2D eigenvalue weighted by molar-refractivity contribution is -0.138. The zero-order valence-corrected chi connectivity index (χ0v) is 16.6. The molecule has 0 saturated heterocycles. The number of nitrogens with zero attached hydrogens (tertiary/aromatic N) is 6. The van der Waals surface area contributed by atoms with Crippen LogP contribution in [0.1, 0.15) is 12.7 Å². The number of anilines is 2. The second-order valence-corrected chi connectivity index (χ2v) is 7.07. The largest absolute Gasteiger partial charge is 0.408 e. The summed E-state index contributed by atoms with van der Waals surface area (Å²) in [7, 11) is 0. The average Bonchev–Trinajstić information content (AvgIpc) is 3.16. The number of nitrogens with one attached hydrogen (secondary N) is 1. The Kier molecular flexibility index (Phi) is 5.09. The highest BCUT2D eigenvalue weighted by atomic mass is 19.4. The zero-order valence-electron chi connectivity index (χ0n) is 16.6. The number of nitrogens with two attached hydrogens (primary N) is 1. The highest BCUT2D eigenvalue weighted by molar-refractivity contribution is 5.89. The number of hydrogen-bond donors (Lipinski definition) is 2. The first kappa shape index (κ1) is 21.6. The maximum absolute atomic E-state index is 14.8. The predicted molar refractivity (Wildman–Crippen MR) is 104 cm³/mol. The molecule has 0 spiro atoms. The molecule has 1 atom stereocenters. The van der Waals surface area contributed by atoms with E-state index >= 15 is 0 Å². The summed E-state index contributed by atoms with van der Waals surface area (Å²) >= 11 is 0. The minimum Gasteiger partial charge on any atom is -0.382 e. The molecule has 4 aromatic heterocycles. The lowest BCUT2D eigenvalue weighted by Crippen LogP contribution is -2.34. The Bertz CT molecular complexity index is 1310. The maximum atomic E-state index is 14.8. The Balaban J connectivity index is 1.83. The first-order valence-electron chi connectivity index (χ1n) is 9.25. The molecule has 4 rings (SSSR count). The van der Waals surface area contributed by atoms with Gasteiger partial charge in [-0.1, -0.05) is 0 Å². The van der Waals surface area contributed by atoms with E-state index in [4.69, 9.17) is 5.73 Å². The molecule has 0 aliphatic carbocycles. The van der Waals surface area contributed by atoms with Crippen molar-refractivity contribution in [3.8, 4) is 11.3 Å². The van der Waals surface area contributed by atoms with E-state index in [0.717, 1.165) is 17.6 Å². The Morgan fingerprint density at radius 2 is 1.88 bits per heavy atom. The number of imidazole rings is 1. The fourth-order valence-electron chi connectivity index (χ4n) is 3.27. The van der Waals surface area contributed by atoms with E-state index in [-0.39, 0.29) is 28.2 Å². The molecule has 0 bridgehead atoms. The summed E-state index contributed by atoms with van der Waals surface area (Å²) in [5, 5.41) is 5.92. The van der Waals surface area contributed by atoms with E-state index in [0.29, 0.717) is 11.3 Å². The van der Waals surface area contributed by atoms with Gasteiger partial charge in [0.2, 0.25) is 5.95 Å². The van der Waals surface area contributed by atoms with Crippen molar-refractivity contribution in [1.82, 2.24) is 29.1 Å². The van der Waals surface area contributed by atoms with Crippen molar-refractivity contribution >= 4 is 28.4 Å². The summed E-state index contributed by atoms with van der Waals surface area (Å²) in [6, 6.07) is 0.951. The van der Waals surface area contributed by atoms with Crippen LogP contribution in [-0.4, -0.2) is 47.8 Å². The minimum atomic E-state index is -4.56. The number of aryl methyl sites for hydroxylation is 1. The summed E-state index contributed by atoms with van der Waals surface area (Å²) in [4.78, 5) is 12.3. The molecule has 0 fully saturated rings. The third-order valence-electron chi connectivity index (χ3n) is 4.81. The van der Waals surface area contributed by atoms with Crippen LogP contribution in [0.5, 0.6) is 0 Å². The SMILES string of the molecule is Cc1nc2ccc(-c3c(F)cn4nc(N[C@H](C)C(F)(F)F)nc(N)c34)nc2n1CC(F)F. The van der Waals surface area contributed by atoms with Gasteiger partial charge in [-0.15, -0.1) is 5.10 Å². The fraction of sp³-hybridized carbons (Fsp3) is 0.333. The normalized spacial score (nSPS) is 13.4. The van der Waals surface area contributed by atoms with Crippen molar-refractivity contribution in [1.29, 1.82) is 0 Å². The van der Waals surface area contributed by atoms with Gasteiger partial charge in [-0.25, -0.2) is 27.7 Å². The smallest absolute Gasteiger partial charge is 0.382 e. The lowest BCUT2D eigenvalue weighted by atomic mass is 10.1. The number of alkyl halides is 5. The van der Waals surface area contributed by atoms with Crippen molar-refractivity contribution < 1.29 is 26.3 Å². The van der Waals surface area contributed by atoms with Crippen molar-refractivity contribution in [2.24, 2.45) is 0 Å². The van der Waals surface area contributed by atoms with Crippen molar-refractivity contribution in [3.63, 3.8) is 0 Å². The van der Waals surface area contributed by atoms with Crippen molar-refractivity contribution in [3.05, 3.63) is 30.0 Å². The average molecular weight is 458 g/mol. The standard InChI is InChI=1S/C18H16F6N8/c1-7(18(22,23)24)26-17-29-15(25)14-13(9(19)5-32(14)30-17)10-3-4-11-16(28-10)31(6-12(20)21)8(2)27-11/h3-5,7,12H,6H2,1-2H3,(H3,25,26,29,30)/t7-/m1/s1. The fourth-order valence-corrected chi connectivity index (χ4v) is 3.27. The number of rotatable bonds is 5. The molecule has 0 radical (unpaired) electrons. The van der Waals surface area contributed by atoms with E-state index < -0.39 is 37.0 Å². The van der Waals surface area contributed by atoms with Crippen molar-refractivity contribution in [2.75, 3.05) is 11.1 Å². The van der Waals surface area contributed by atoms with Crippen molar-refractivity contribution in [2.45, 2.75) is 39.0 Å². The Morgan fingerprint density at radius 3 is 2.53 bits per heavy atom. The Labute approximate surface area is 176 Å². The molecular formula is C18H16F6N8. The van der Waals surface area contributed by atoms with Gasteiger partial charge in [0.1, 0.15) is 22.9 Å². The van der Waals surface area contributed by atoms with Gasteiger partial charge in [0.05, 0.1) is 24.0 Å². The van der Waals surface area contributed by atoms with E-state index in [1.165, 1.54) is 16.7 Å². The summed E-state index contributed by atoms with van der Waals surface area (Å²) in [5.41, 5.74) is 6.26. The number of halogens is 6. The van der Waals surface area contributed by atoms with Gasteiger partial charge in [-0.05, 0) is 26.0 Å². The highest BCUT2D eigenvalue weighted by Gasteiger charge is 2.36. The van der Waals surface area contributed by atoms with Gasteiger partial charge >= 0.3 is 6.18 Å². The van der Waals surface area contributed by atoms with Gasteiger partial charge in [-0.3, -0.25) is 0 Å². The number of pyridine rings is 1. The summed E-state index contributed by atoms with van der Waals surface area (Å²) in [6.07, 6.45) is -6.30. The van der Waals surface area contributed by atoms with Gasteiger partial charge in [0.25, 0.3) is 6.43 Å². The molecule has 170 valence electrons.